The quantitative estimate of drug-likeness (QED) is 0.0286. The van der Waals surface area contributed by atoms with Gasteiger partial charge in [0.15, 0.2) is 6.10 Å². The summed E-state index contributed by atoms with van der Waals surface area (Å²) in [5.74, 6) is -0.229. The highest BCUT2D eigenvalue weighted by Gasteiger charge is 2.22. The number of carbonyl (C=O) groups excluding carboxylic acids is 2. The lowest BCUT2D eigenvalue weighted by Crippen LogP contribution is -2.29. The zero-order valence-electron chi connectivity index (χ0n) is 28.6. The molecule has 0 fully saturated rings. The van der Waals surface area contributed by atoms with Gasteiger partial charge >= 0.3 is 19.8 Å². The molecular formula is C36H63O9P. The largest absolute Gasteiger partial charge is 0.469 e. The van der Waals surface area contributed by atoms with Crippen LogP contribution in [0.15, 0.2) is 48.6 Å². The van der Waals surface area contributed by atoms with Gasteiger partial charge in [-0.1, -0.05) is 114 Å². The number of aliphatic hydroxyl groups is 1. The molecule has 0 aromatic carbocycles. The maximum atomic E-state index is 12.3. The van der Waals surface area contributed by atoms with Gasteiger partial charge in [0.25, 0.3) is 0 Å². The van der Waals surface area contributed by atoms with E-state index >= 15 is 0 Å². The van der Waals surface area contributed by atoms with E-state index in [2.05, 4.69) is 54.8 Å². The Hall–Kier alpha value is -2.03. The predicted molar refractivity (Wildman–Crippen MR) is 185 cm³/mol. The van der Waals surface area contributed by atoms with Gasteiger partial charge in [0, 0.05) is 19.4 Å². The summed E-state index contributed by atoms with van der Waals surface area (Å²) in [6, 6.07) is 0. The smallest absolute Gasteiger partial charge is 0.462 e. The van der Waals surface area contributed by atoms with Gasteiger partial charge in [0.1, 0.15) is 6.61 Å². The molecule has 1 atom stereocenters. The molecule has 0 spiro atoms. The molecule has 9 nitrogen and oxygen atoms in total. The van der Waals surface area contributed by atoms with Gasteiger partial charge in [-0.15, -0.1) is 0 Å². The van der Waals surface area contributed by atoms with E-state index in [0.717, 1.165) is 70.1 Å². The van der Waals surface area contributed by atoms with Crippen molar-refractivity contribution in [1.29, 1.82) is 0 Å². The molecule has 0 aliphatic rings. The molecule has 0 unspecified atom stereocenters. The molecule has 0 amide bonds. The van der Waals surface area contributed by atoms with Crippen molar-refractivity contribution in [3.8, 4) is 0 Å². The molecule has 0 heterocycles. The first-order valence-corrected chi connectivity index (χ1v) is 18.9. The molecule has 3 N–H and O–H groups in total. The molecule has 10 heteroatoms. The monoisotopic (exact) mass is 670 g/mol. The first-order valence-electron chi connectivity index (χ1n) is 17.4. The van der Waals surface area contributed by atoms with E-state index in [4.69, 9.17) is 24.4 Å². The van der Waals surface area contributed by atoms with E-state index in [1.807, 2.05) is 12.2 Å². The molecule has 0 aliphatic carbocycles. The number of rotatable bonds is 31. The normalized spacial score (nSPS) is 13.2. The van der Waals surface area contributed by atoms with Crippen LogP contribution in [0.2, 0.25) is 0 Å². The summed E-state index contributed by atoms with van der Waals surface area (Å²) in [6.07, 6.45) is 33.0. The van der Waals surface area contributed by atoms with E-state index in [1.54, 1.807) is 0 Å². The number of aliphatic hydroxyl groups excluding tert-OH is 1. The zero-order valence-corrected chi connectivity index (χ0v) is 29.5. The van der Waals surface area contributed by atoms with Crippen LogP contribution in [0.5, 0.6) is 0 Å². The molecule has 0 aromatic heterocycles. The average Bonchev–Trinajstić information content (AvgIpc) is 3.00. The fourth-order valence-electron chi connectivity index (χ4n) is 4.47. The van der Waals surface area contributed by atoms with Crippen molar-refractivity contribution < 1.29 is 43.0 Å². The average molecular weight is 671 g/mol. The number of phosphoric acid groups is 1. The van der Waals surface area contributed by atoms with E-state index in [-0.39, 0.29) is 26.1 Å². The molecule has 0 saturated carbocycles. The molecule has 0 bridgehead atoms. The van der Waals surface area contributed by atoms with E-state index in [9.17, 15) is 14.2 Å². The Labute approximate surface area is 278 Å². The molecule has 0 aliphatic heterocycles. The Kier molecular flexibility index (Phi) is 30.2. The summed E-state index contributed by atoms with van der Waals surface area (Å²) in [4.78, 5) is 42.5. The van der Waals surface area contributed by atoms with E-state index in [1.165, 1.54) is 25.7 Å². The van der Waals surface area contributed by atoms with Gasteiger partial charge < -0.3 is 24.4 Å². The van der Waals surface area contributed by atoms with Crippen LogP contribution in [0.25, 0.3) is 0 Å². The zero-order chi connectivity index (χ0) is 34.1. The number of carbonyl (C=O) groups is 2. The van der Waals surface area contributed by atoms with Gasteiger partial charge in [0.05, 0.1) is 6.61 Å². The number of allylic oxidation sites excluding steroid dienone is 8. The maximum Gasteiger partial charge on any atom is 0.469 e. The van der Waals surface area contributed by atoms with Crippen LogP contribution >= 0.6 is 7.82 Å². The fraction of sp³-hybridized carbons (Fsp3) is 0.722. The summed E-state index contributed by atoms with van der Waals surface area (Å²) in [5.41, 5.74) is 0. The minimum Gasteiger partial charge on any atom is -0.462 e. The van der Waals surface area contributed by atoms with Crippen LogP contribution in [-0.2, 0) is 28.2 Å². The molecule has 266 valence electrons. The number of esters is 2. The third-order valence-electron chi connectivity index (χ3n) is 7.08. The Morgan fingerprint density at radius 1 is 0.630 bits per heavy atom. The van der Waals surface area contributed by atoms with Crippen molar-refractivity contribution in [2.45, 2.75) is 142 Å². The Balaban J connectivity index is 4.10. The second kappa shape index (κ2) is 31.6. The molecule has 0 aromatic rings. The van der Waals surface area contributed by atoms with Crippen LogP contribution in [0.3, 0.4) is 0 Å². The van der Waals surface area contributed by atoms with E-state index < -0.39 is 32.5 Å². The summed E-state index contributed by atoms with van der Waals surface area (Å²) < 4.78 is 26.1. The van der Waals surface area contributed by atoms with Crippen molar-refractivity contribution in [2.24, 2.45) is 5.92 Å². The van der Waals surface area contributed by atoms with Crippen LogP contribution < -0.4 is 0 Å². The lowest BCUT2D eigenvalue weighted by molar-refractivity contribution is -0.161. The van der Waals surface area contributed by atoms with Crippen molar-refractivity contribution >= 4 is 19.8 Å². The summed E-state index contributed by atoms with van der Waals surface area (Å²) in [6.45, 7) is 3.87. The van der Waals surface area contributed by atoms with Crippen molar-refractivity contribution in [3.05, 3.63) is 48.6 Å². The lowest BCUT2D eigenvalue weighted by atomic mass is 10.0. The van der Waals surface area contributed by atoms with Crippen LogP contribution in [0, 0.1) is 5.92 Å². The van der Waals surface area contributed by atoms with Gasteiger partial charge in [-0.05, 0) is 63.7 Å². The van der Waals surface area contributed by atoms with Crippen molar-refractivity contribution in [3.63, 3.8) is 0 Å². The number of phosphoric ester groups is 1. The van der Waals surface area contributed by atoms with Gasteiger partial charge in [0.2, 0.25) is 0 Å². The van der Waals surface area contributed by atoms with Crippen LogP contribution in [-0.4, -0.2) is 52.8 Å². The second-order valence-corrected chi connectivity index (χ2v) is 13.3. The Morgan fingerprint density at radius 3 is 1.70 bits per heavy atom. The van der Waals surface area contributed by atoms with Crippen LogP contribution in [0.1, 0.15) is 136 Å². The standard InChI is InChI=1S/C36H63O9P/c1-33(2)27-23-19-15-14-17-21-25-29-36(39)45-34(32-44-46(40,41)42)31-43-35(38)28-24-20-16-12-10-8-6-4-3-5-7-9-11-13-18-22-26-30-37/h3,5-6,8-9,11-12,16,33-34,37H,4,7,10,13-15,17-32H2,1-2H3,(H2,40,41,42)/b5-3-,8-6-,11-9-,16-12-/t34-/m1/s1. The Morgan fingerprint density at radius 2 is 1.13 bits per heavy atom. The highest BCUT2D eigenvalue weighted by Crippen LogP contribution is 2.35. The molecule has 0 rings (SSSR count). The molecular weight excluding hydrogens is 607 g/mol. The first kappa shape index (κ1) is 44.0. The molecule has 0 saturated heterocycles. The van der Waals surface area contributed by atoms with Crippen molar-refractivity contribution in [2.75, 3.05) is 19.8 Å². The topological polar surface area (TPSA) is 140 Å². The van der Waals surface area contributed by atoms with Gasteiger partial charge in [-0.3, -0.25) is 14.1 Å². The fourth-order valence-corrected chi connectivity index (χ4v) is 4.83. The highest BCUT2D eigenvalue weighted by atomic mass is 31.2. The van der Waals surface area contributed by atoms with E-state index in [0.29, 0.717) is 19.3 Å². The second-order valence-electron chi connectivity index (χ2n) is 12.0. The maximum absolute atomic E-state index is 12.3. The number of hydrogen-bond donors (Lipinski definition) is 3. The predicted octanol–water partition coefficient (Wildman–Crippen LogP) is 8.84. The number of hydrogen-bond acceptors (Lipinski definition) is 7. The summed E-state index contributed by atoms with van der Waals surface area (Å²) in [5, 5.41) is 8.75. The van der Waals surface area contributed by atoms with Crippen molar-refractivity contribution in [1.82, 2.24) is 0 Å². The first-order chi connectivity index (χ1) is 22.1. The molecule has 0 radical (unpaired) electrons. The third-order valence-corrected chi connectivity index (χ3v) is 7.57. The third kappa shape index (κ3) is 34.8. The minimum atomic E-state index is -4.76. The number of unbranched alkanes of at least 4 members (excludes halogenated alkanes) is 10. The summed E-state index contributed by atoms with van der Waals surface area (Å²) in [7, 11) is -4.76. The summed E-state index contributed by atoms with van der Waals surface area (Å²) >= 11 is 0. The minimum absolute atomic E-state index is 0.180. The Bertz CT molecular complexity index is 905. The lowest BCUT2D eigenvalue weighted by Gasteiger charge is -2.18. The molecule has 46 heavy (non-hydrogen) atoms. The van der Waals surface area contributed by atoms with Crippen LogP contribution in [0.4, 0.5) is 0 Å². The number of ether oxygens (including phenoxy) is 2. The highest BCUT2D eigenvalue weighted by molar-refractivity contribution is 7.46. The van der Waals surface area contributed by atoms with Gasteiger partial charge in [-0.2, -0.15) is 0 Å². The SMILES string of the molecule is CC(C)CCCCCCCCCC(=O)O[C@H](COC(=O)CCC/C=C\C/C=C\C/C=C\C/C=C\CCCCCO)COP(=O)(O)O. The van der Waals surface area contributed by atoms with Gasteiger partial charge in [-0.25, -0.2) is 4.57 Å².